The maximum Gasteiger partial charge on any atom is 0.410 e. The number of piperazine rings is 3. The van der Waals surface area contributed by atoms with Crippen LogP contribution in [0, 0.1) is 20.8 Å². The molecule has 9 heterocycles. The minimum atomic E-state index is -1.36. The standard InChI is InChI=1S/3C29H34ClN5O3.CH4/c3*1-18-32-17-24(33-18)29(5,37)23-15-19-7-6-10-31-25(19)26(21-9-8-20(30)16-22(21)23)34-11-13-35(14-12-34)27(36)38-28(2,3)4;/h3*6-10,15-17,26,37H,11-14H2,1-5H3,(H,32,33);1H4/t3*26-,29?;/m000./s1. The highest BCUT2D eigenvalue weighted by Gasteiger charge is 2.44. The molecule has 15 rings (SSSR count). The highest BCUT2D eigenvalue weighted by molar-refractivity contribution is 6.31. The quantitative estimate of drug-likeness (QED) is 0.0732. The van der Waals surface area contributed by atoms with Gasteiger partial charge in [0.15, 0.2) is 0 Å². The molecule has 24 nitrogen and oxygen atoms in total. The van der Waals surface area contributed by atoms with Crippen molar-refractivity contribution in [2.75, 3.05) is 78.5 Å². The number of benzene rings is 3. The van der Waals surface area contributed by atoms with Crippen molar-refractivity contribution in [3.63, 3.8) is 0 Å². The highest BCUT2D eigenvalue weighted by atomic mass is 35.5. The molecule has 6 aliphatic rings. The lowest BCUT2D eigenvalue weighted by Crippen LogP contribution is -2.51. The van der Waals surface area contributed by atoms with Crippen LogP contribution in [0.5, 0.6) is 0 Å². The maximum atomic E-state index is 12.7. The van der Waals surface area contributed by atoms with Crippen molar-refractivity contribution < 1.29 is 43.9 Å². The molecular formula is C88H106Cl3N15O9. The monoisotopic (exact) mass is 1620 g/mol. The first-order chi connectivity index (χ1) is 53.8. The fraction of sp³-hybridized carbons (Fsp3) is 0.420. The molecule has 3 aromatic carbocycles. The number of aryl methyl sites for hydroxylation is 3. The molecule has 3 amide bonds. The number of pyridine rings is 3. The Morgan fingerprint density at radius 1 is 0.383 bits per heavy atom. The number of ether oxygens (including phenoxy) is 3. The Morgan fingerprint density at radius 3 is 0.843 bits per heavy atom. The second kappa shape index (κ2) is 33.5. The summed E-state index contributed by atoms with van der Waals surface area (Å²) in [6.07, 6.45) is 15.5. The van der Waals surface area contributed by atoms with E-state index in [1.165, 1.54) is 0 Å². The fourth-order valence-corrected chi connectivity index (χ4v) is 16.2. The molecule has 3 unspecified atom stereocenters. The van der Waals surface area contributed by atoms with Gasteiger partial charge in [-0.3, -0.25) is 29.7 Å². The normalized spacial score (nSPS) is 19.4. The average molecular weight is 1620 g/mol. The Labute approximate surface area is 688 Å². The van der Waals surface area contributed by atoms with Gasteiger partial charge in [0.2, 0.25) is 0 Å². The highest BCUT2D eigenvalue weighted by Crippen LogP contribution is 2.51. The lowest BCUT2D eigenvalue weighted by atomic mass is 9.84. The van der Waals surface area contributed by atoms with Crippen molar-refractivity contribution >= 4 is 88.0 Å². The van der Waals surface area contributed by atoms with Crippen LogP contribution in [0.4, 0.5) is 14.4 Å². The van der Waals surface area contributed by atoms with E-state index in [4.69, 9.17) is 64.0 Å². The SMILES string of the molecule is C.Cc1ncc(C(C)(O)C2=Cc3cccnc3[C@@H](N3CCN(C(=O)OC(C)(C)C)CC3)c3ccc(Cl)cc32)[nH]1.Cc1ncc(C(C)(O)C2=Cc3cccnc3[C@@H](N3CCN(C(=O)OC(C)(C)C)CC3)c3ccc(Cl)cc32)[nH]1.Cc1ncc(C(C)(O)C2=Cc3cccnc3[C@@H](N3CCN(C(=O)OC(C)(C)C)CC3)c3ccc(Cl)cc32)[nH]1. The number of carbonyl (C=O) groups is 3. The van der Waals surface area contributed by atoms with Crippen molar-refractivity contribution in [3.8, 4) is 0 Å². The molecule has 0 radical (unpaired) electrons. The molecule has 115 heavy (non-hydrogen) atoms. The predicted octanol–water partition coefficient (Wildman–Crippen LogP) is 16.1. The smallest absolute Gasteiger partial charge is 0.410 e. The number of aliphatic hydroxyl groups is 3. The number of nitrogens with zero attached hydrogens (tertiary/aromatic N) is 12. The summed E-state index contributed by atoms with van der Waals surface area (Å²) in [5, 5.41) is 37.5. The number of amides is 3. The van der Waals surface area contributed by atoms with Crippen LogP contribution >= 0.6 is 34.8 Å². The van der Waals surface area contributed by atoms with E-state index < -0.39 is 33.6 Å². The minimum absolute atomic E-state index is 0. The van der Waals surface area contributed by atoms with Crippen LogP contribution in [0.15, 0.2) is 128 Å². The number of halogens is 3. The van der Waals surface area contributed by atoms with Crippen molar-refractivity contribution in [1.82, 2.24) is 74.3 Å². The van der Waals surface area contributed by atoms with Gasteiger partial charge in [-0.2, -0.15) is 0 Å². The summed E-state index contributed by atoms with van der Waals surface area (Å²) in [5.74, 6) is 2.18. The lowest BCUT2D eigenvalue weighted by Gasteiger charge is -2.40. The zero-order valence-electron chi connectivity index (χ0n) is 67.4. The molecule has 6 atom stereocenters. The lowest BCUT2D eigenvalue weighted by molar-refractivity contribution is 0.0108. The van der Waals surface area contributed by atoms with E-state index in [9.17, 15) is 29.7 Å². The average Bonchev–Trinajstić information content (AvgIpc) is 1.62. The van der Waals surface area contributed by atoms with Gasteiger partial charge >= 0.3 is 18.3 Å². The van der Waals surface area contributed by atoms with Gasteiger partial charge in [0.25, 0.3) is 0 Å². The van der Waals surface area contributed by atoms with Crippen molar-refractivity contribution in [3.05, 3.63) is 245 Å². The van der Waals surface area contributed by atoms with Gasteiger partial charge in [-0.15, -0.1) is 0 Å². The van der Waals surface area contributed by atoms with Crippen molar-refractivity contribution in [1.29, 1.82) is 0 Å². The fourth-order valence-electron chi connectivity index (χ4n) is 15.7. The number of carbonyl (C=O) groups excluding carboxylic acids is 3. The molecule has 6 aromatic heterocycles. The van der Waals surface area contributed by atoms with Gasteiger partial charge in [-0.1, -0.05) is 78.6 Å². The van der Waals surface area contributed by atoms with Gasteiger partial charge in [0.1, 0.15) is 51.1 Å². The van der Waals surface area contributed by atoms with Crippen molar-refractivity contribution in [2.45, 2.75) is 163 Å². The van der Waals surface area contributed by atoms with Gasteiger partial charge in [-0.05, 0) is 243 Å². The Hall–Kier alpha value is -9.60. The van der Waals surface area contributed by atoms with E-state index in [-0.39, 0.29) is 43.8 Å². The molecule has 27 heteroatoms. The van der Waals surface area contributed by atoms with Crippen LogP contribution < -0.4 is 0 Å². The summed E-state index contributed by atoms with van der Waals surface area (Å²) >= 11 is 19.6. The van der Waals surface area contributed by atoms with Crippen LogP contribution in [0.2, 0.25) is 15.1 Å². The molecule has 3 aliphatic carbocycles. The third-order valence-electron chi connectivity index (χ3n) is 21.3. The summed E-state index contributed by atoms with van der Waals surface area (Å²) in [7, 11) is 0. The summed E-state index contributed by atoms with van der Waals surface area (Å²) in [6, 6.07) is 28.7. The van der Waals surface area contributed by atoms with Crippen LogP contribution in [0.25, 0.3) is 34.9 Å². The summed E-state index contributed by atoms with van der Waals surface area (Å²) < 4.78 is 16.8. The zero-order valence-corrected chi connectivity index (χ0v) is 69.6. The Bertz CT molecular complexity index is 4650. The number of hydrogen-bond donors (Lipinski definition) is 6. The second-order valence-electron chi connectivity index (χ2n) is 33.4. The van der Waals surface area contributed by atoms with Crippen LogP contribution in [-0.4, -0.2) is 203 Å². The largest absolute Gasteiger partial charge is 0.444 e. The maximum absolute atomic E-state index is 12.7. The minimum Gasteiger partial charge on any atom is -0.444 e. The number of hydrogen-bond acceptors (Lipinski definition) is 18. The molecule has 0 bridgehead atoms. The molecular weight excluding hydrogens is 1520 g/mol. The van der Waals surface area contributed by atoms with Crippen molar-refractivity contribution in [2.24, 2.45) is 0 Å². The summed E-state index contributed by atoms with van der Waals surface area (Å²) in [6.45, 7) is 34.9. The van der Waals surface area contributed by atoms with Gasteiger partial charge < -0.3 is 59.2 Å². The topological polar surface area (TPSA) is 284 Å². The van der Waals surface area contributed by atoms with Gasteiger partial charge in [0.05, 0.1) is 70.9 Å². The summed E-state index contributed by atoms with van der Waals surface area (Å²) in [4.78, 5) is 87.4. The number of nitrogens with one attached hydrogen (secondary N) is 3. The van der Waals surface area contributed by atoms with E-state index in [0.29, 0.717) is 127 Å². The van der Waals surface area contributed by atoms with E-state index in [0.717, 1.165) is 84.6 Å². The number of fused-ring (bicyclic) bond motifs is 6. The van der Waals surface area contributed by atoms with Crippen LogP contribution in [0.3, 0.4) is 0 Å². The molecule has 3 saturated heterocycles. The molecule has 608 valence electrons. The zero-order chi connectivity index (χ0) is 81.7. The van der Waals surface area contributed by atoms with Crippen LogP contribution in [0.1, 0.15) is 210 Å². The first kappa shape index (κ1) is 84.8. The van der Waals surface area contributed by atoms with Gasteiger partial charge in [-0.25, -0.2) is 29.3 Å². The van der Waals surface area contributed by atoms with Crippen LogP contribution in [-0.2, 0) is 31.0 Å². The van der Waals surface area contributed by atoms with E-state index in [1.807, 2.05) is 192 Å². The first-order valence-corrected chi connectivity index (χ1v) is 39.8. The van der Waals surface area contributed by atoms with Gasteiger partial charge in [0, 0.05) is 112 Å². The van der Waals surface area contributed by atoms with E-state index in [2.05, 4.69) is 44.6 Å². The third kappa shape index (κ3) is 18.6. The Morgan fingerprint density at radius 2 is 0.626 bits per heavy atom. The molecule has 9 aromatic rings. The summed E-state index contributed by atoms with van der Waals surface area (Å²) in [5.41, 5.74) is 9.24. The number of rotatable bonds is 9. The molecule has 0 saturated carbocycles. The second-order valence-corrected chi connectivity index (χ2v) is 34.7. The predicted molar refractivity (Wildman–Crippen MR) is 450 cm³/mol. The first-order valence-electron chi connectivity index (χ1n) is 38.6. The molecule has 3 aliphatic heterocycles. The third-order valence-corrected chi connectivity index (χ3v) is 22.0. The van der Waals surface area contributed by atoms with E-state index in [1.54, 1.807) is 72.7 Å². The molecule has 0 spiro atoms. The Balaban J connectivity index is 0.000000159. The Kier molecular flexibility index (Phi) is 24.7. The molecule has 6 N–H and O–H groups in total. The number of aromatic amines is 3. The van der Waals surface area contributed by atoms with E-state index >= 15 is 0 Å². The number of H-pyrrole nitrogens is 3. The number of imidazole rings is 3. The number of aromatic nitrogens is 9. The molecule has 3 fully saturated rings.